The van der Waals surface area contributed by atoms with Gasteiger partial charge in [-0.15, -0.1) is 0 Å². The van der Waals surface area contributed by atoms with Crippen LogP contribution in [0.1, 0.15) is 6.92 Å². The van der Waals surface area contributed by atoms with Crippen molar-refractivity contribution >= 4 is 17.7 Å². The van der Waals surface area contributed by atoms with Crippen molar-refractivity contribution < 1.29 is 4.74 Å². The first-order valence-electron chi connectivity index (χ1n) is 4.85. The molecule has 86 valence electrons. The summed E-state index contributed by atoms with van der Waals surface area (Å²) in [6.07, 6.45) is 1.09. The highest BCUT2D eigenvalue weighted by atomic mass is 16.5. The van der Waals surface area contributed by atoms with Crippen LogP contribution >= 0.6 is 0 Å². The summed E-state index contributed by atoms with van der Waals surface area (Å²) >= 11 is 0. The van der Waals surface area contributed by atoms with Crippen molar-refractivity contribution in [1.29, 1.82) is 10.9 Å². The van der Waals surface area contributed by atoms with Crippen LogP contribution in [0.5, 0.6) is 5.75 Å². The smallest absolute Gasteiger partial charge is 0.121 e. The first kappa shape index (κ1) is 12.0. The van der Waals surface area contributed by atoms with Gasteiger partial charge in [-0.05, 0) is 19.1 Å². The Morgan fingerprint density at radius 2 is 2.31 bits per heavy atom. The van der Waals surface area contributed by atoms with Crippen LogP contribution in [-0.4, -0.2) is 20.0 Å². The van der Waals surface area contributed by atoms with Crippen LogP contribution < -0.4 is 15.1 Å². The Bertz CT molecular complexity index is 379. The molecule has 0 aliphatic heterocycles. The quantitative estimate of drug-likeness (QED) is 0.298. The molecule has 0 aliphatic rings. The van der Waals surface area contributed by atoms with E-state index in [2.05, 4.69) is 10.5 Å². The molecule has 0 fully saturated rings. The van der Waals surface area contributed by atoms with E-state index < -0.39 is 0 Å². The third-order valence-corrected chi connectivity index (χ3v) is 2.13. The molecule has 0 heterocycles. The SMILES string of the molecule is CCN(N=N)c1cc(OC)ccc1NC=N. The first-order chi connectivity index (χ1) is 7.76. The molecule has 0 saturated heterocycles. The second-order valence-electron chi connectivity index (χ2n) is 2.99. The molecule has 1 aromatic rings. The van der Waals surface area contributed by atoms with Crippen molar-refractivity contribution in [2.24, 2.45) is 5.22 Å². The van der Waals surface area contributed by atoms with Gasteiger partial charge in [0.2, 0.25) is 0 Å². The van der Waals surface area contributed by atoms with Crippen LogP contribution in [-0.2, 0) is 0 Å². The predicted molar refractivity (Wildman–Crippen MR) is 63.6 cm³/mol. The summed E-state index contributed by atoms with van der Waals surface area (Å²) < 4.78 is 5.11. The second kappa shape index (κ2) is 5.69. The lowest BCUT2D eigenvalue weighted by Crippen LogP contribution is -2.16. The molecule has 0 aliphatic carbocycles. The molecule has 0 atom stereocenters. The number of benzene rings is 1. The Morgan fingerprint density at radius 3 is 2.81 bits per heavy atom. The van der Waals surface area contributed by atoms with E-state index in [0.29, 0.717) is 23.7 Å². The average molecular weight is 221 g/mol. The highest BCUT2D eigenvalue weighted by Crippen LogP contribution is 2.30. The van der Waals surface area contributed by atoms with Gasteiger partial charge in [-0.3, -0.25) is 5.41 Å². The zero-order chi connectivity index (χ0) is 12.0. The molecule has 0 unspecified atom stereocenters. The van der Waals surface area contributed by atoms with Crippen LogP contribution in [0.25, 0.3) is 0 Å². The van der Waals surface area contributed by atoms with Gasteiger partial charge in [-0.1, -0.05) is 5.22 Å². The van der Waals surface area contributed by atoms with Crippen molar-refractivity contribution in [2.75, 3.05) is 24.0 Å². The van der Waals surface area contributed by atoms with Gasteiger partial charge in [0, 0.05) is 12.6 Å². The third-order valence-electron chi connectivity index (χ3n) is 2.13. The van der Waals surface area contributed by atoms with E-state index in [0.717, 1.165) is 6.34 Å². The first-order valence-corrected chi connectivity index (χ1v) is 4.85. The molecule has 6 nitrogen and oxygen atoms in total. The minimum atomic E-state index is 0.573. The van der Waals surface area contributed by atoms with Crippen molar-refractivity contribution in [3.05, 3.63) is 18.2 Å². The molecular formula is C10H15N5O. The van der Waals surface area contributed by atoms with Gasteiger partial charge in [-0.25, -0.2) is 5.01 Å². The Kier molecular flexibility index (Phi) is 4.26. The number of hydrogen-bond donors (Lipinski definition) is 3. The van der Waals surface area contributed by atoms with Gasteiger partial charge >= 0.3 is 0 Å². The van der Waals surface area contributed by atoms with E-state index in [1.807, 2.05) is 6.92 Å². The molecular weight excluding hydrogens is 206 g/mol. The fourth-order valence-corrected chi connectivity index (χ4v) is 1.35. The number of nitrogens with one attached hydrogen (secondary N) is 3. The fraction of sp³-hybridized carbons (Fsp3) is 0.300. The summed E-state index contributed by atoms with van der Waals surface area (Å²) in [5.41, 5.74) is 8.50. The van der Waals surface area contributed by atoms with E-state index in [1.165, 1.54) is 5.01 Å². The maximum atomic E-state index is 7.08. The maximum absolute atomic E-state index is 7.08. The van der Waals surface area contributed by atoms with Gasteiger partial charge in [0.25, 0.3) is 0 Å². The van der Waals surface area contributed by atoms with Crippen LogP contribution in [0.4, 0.5) is 11.4 Å². The Labute approximate surface area is 94.2 Å². The average Bonchev–Trinajstić information content (AvgIpc) is 2.33. The number of nitrogens with zero attached hydrogens (tertiary/aromatic N) is 2. The normalized spacial score (nSPS) is 9.38. The van der Waals surface area contributed by atoms with Crippen molar-refractivity contribution in [1.82, 2.24) is 0 Å². The van der Waals surface area contributed by atoms with E-state index >= 15 is 0 Å². The van der Waals surface area contributed by atoms with Gasteiger partial charge in [0.15, 0.2) is 0 Å². The zero-order valence-corrected chi connectivity index (χ0v) is 9.32. The Balaban J connectivity index is 3.17. The summed E-state index contributed by atoms with van der Waals surface area (Å²) in [5, 5.41) is 14.7. The number of hydrogen-bond acceptors (Lipinski definition) is 4. The Hall–Kier alpha value is -2.11. The molecule has 1 rings (SSSR count). The molecule has 3 N–H and O–H groups in total. The minimum Gasteiger partial charge on any atom is -0.497 e. The van der Waals surface area contributed by atoms with Crippen molar-refractivity contribution in [2.45, 2.75) is 6.92 Å². The lowest BCUT2D eigenvalue weighted by molar-refractivity contribution is 0.415. The summed E-state index contributed by atoms with van der Waals surface area (Å²) in [7, 11) is 1.58. The van der Waals surface area contributed by atoms with Crippen LogP contribution in [0.15, 0.2) is 23.4 Å². The third kappa shape index (κ3) is 2.47. The highest BCUT2D eigenvalue weighted by Gasteiger charge is 2.09. The molecule has 0 bridgehead atoms. The molecule has 1 aromatic carbocycles. The van der Waals surface area contributed by atoms with E-state index in [-0.39, 0.29) is 0 Å². The summed E-state index contributed by atoms with van der Waals surface area (Å²) in [4.78, 5) is 0. The van der Waals surface area contributed by atoms with Crippen LogP contribution in [0.2, 0.25) is 0 Å². The predicted octanol–water partition coefficient (Wildman–Crippen LogP) is 2.49. The molecule has 0 aromatic heterocycles. The highest BCUT2D eigenvalue weighted by molar-refractivity contribution is 5.83. The largest absolute Gasteiger partial charge is 0.497 e. The number of ether oxygens (including phenoxy) is 1. The van der Waals surface area contributed by atoms with Crippen LogP contribution in [0, 0.1) is 10.9 Å². The van der Waals surface area contributed by atoms with E-state index in [9.17, 15) is 0 Å². The van der Waals surface area contributed by atoms with Gasteiger partial charge in [0.1, 0.15) is 5.75 Å². The van der Waals surface area contributed by atoms with Gasteiger partial charge in [-0.2, -0.15) is 5.53 Å². The van der Waals surface area contributed by atoms with Crippen molar-refractivity contribution in [3.63, 3.8) is 0 Å². The number of methoxy groups -OCH3 is 1. The molecule has 0 saturated carbocycles. The van der Waals surface area contributed by atoms with Gasteiger partial charge in [0.05, 0.1) is 24.8 Å². The summed E-state index contributed by atoms with van der Waals surface area (Å²) in [5.74, 6) is 0.688. The topological polar surface area (TPSA) is 84.6 Å². The fourth-order valence-electron chi connectivity index (χ4n) is 1.35. The maximum Gasteiger partial charge on any atom is 0.121 e. The molecule has 0 spiro atoms. The molecule has 6 heteroatoms. The minimum absolute atomic E-state index is 0.573. The monoisotopic (exact) mass is 221 g/mol. The van der Waals surface area contributed by atoms with Gasteiger partial charge < -0.3 is 10.1 Å². The second-order valence-corrected chi connectivity index (χ2v) is 2.99. The van der Waals surface area contributed by atoms with E-state index in [4.69, 9.17) is 15.7 Å². The molecule has 16 heavy (non-hydrogen) atoms. The van der Waals surface area contributed by atoms with E-state index in [1.54, 1.807) is 25.3 Å². The number of anilines is 2. The lowest BCUT2D eigenvalue weighted by atomic mass is 10.2. The number of rotatable bonds is 6. The lowest BCUT2D eigenvalue weighted by Gasteiger charge is -2.19. The standard InChI is InChI=1S/C10H15N5O/c1-3-15(14-12)10-6-8(16-2)4-5-9(10)13-7-11/h4-7,12H,3H2,1-2H3,(H2,11,13). The zero-order valence-electron chi connectivity index (χ0n) is 9.32. The van der Waals surface area contributed by atoms with Crippen molar-refractivity contribution in [3.8, 4) is 5.75 Å². The molecule has 0 radical (unpaired) electrons. The Morgan fingerprint density at radius 1 is 1.56 bits per heavy atom. The van der Waals surface area contributed by atoms with Crippen LogP contribution in [0.3, 0.4) is 0 Å². The molecule has 0 amide bonds. The summed E-state index contributed by atoms with van der Waals surface area (Å²) in [6, 6.07) is 5.34. The summed E-state index contributed by atoms with van der Waals surface area (Å²) in [6.45, 7) is 2.47.